The monoisotopic (exact) mass is 663 g/mol. The minimum absolute atomic E-state index is 0.0479. The maximum absolute atomic E-state index is 13.3. The van der Waals surface area contributed by atoms with Crippen LogP contribution in [-0.4, -0.2) is 104 Å². The van der Waals surface area contributed by atoms with E-state index in [2.05, 4.69) is 20.4 Å². The molecular formula is C27H33N7O9S2. The average molecular weight is 664 g/mol. The van der Waals surface area contributed by atoms with E-state index in [9.17, 15) is 34.2 Å². The fraction of sp³-hybridized carbons (Fsp3) is 0.444. The van der Waals surface area contributed by atoms with Crippen molar-refractivity contribution in [2.45, 2.75) is 44.3 Å². The van der Waals surface area contributed by atoms with Crippen molar-refractivity contribution in [2.24, 2.45) is 5.16 Å². The number of nitrogens with two attached hydrogens (primary N) is 1. The number of ether oxygens (including phenoxy) is 1. The number of aliphatic carboxylic acids is 1. The topological polar surface area (TPSA) is 229 Å². The van der Waals surface area contributed by atoms with Crippen LogP contribution in [0, 0.1) is 0 Å². The van der Waals surface area contributed by atoms with Gasteiger partial charge in [-0.3, -0.25) is 19.3 Å². The highest BCUT2D eigenvalue weighted by Crippen LogP contribution is 2.40. The second kappa shape index (κ2) is 12.9. The van der Waals surface area contributed by atoms with Crippen molar-refractivity contribution in [1.29, 1.82) is 0 Å². The number of aromatic hydroxyl groups is 1. The quantitative estimate of drug-likeness (QED) is 0.0735. The summed E-state index contributed by atoms with van der Waals surface area (Å²) < 4.78 is 5.37. The molecule has 5 N–H and O–H groups in total. The summed E-state index contributed by atoms with van der Waals surface area (Å²) in [6.07, 6.45) is 1.18. The first-order valence-electron chi connectivity index (χ1n) is 13.5. The lowest BCUT2D eigenvalue weighted by Crippen LogP contribution is -2.71. The minimum Gasteiger partial charge on any atom is -0.543 e. The van der Waals surface area contributed by atoms with Gasteiger partial charge in [0, 0.05) is 29.0 Å². The fourth-order valence-electron chi connectivity index (χ4n) is 4.76. The number of hydrogen-bond donors (Lipinski definition) is 4. The van der Waals surface area contributed by atoms with E-state index in [0.29, 0.717) is 17.8 Å². The Kier molecular flexibility index (Phi) is 9.59. The van der Waals surface area contributed by atoms with Gasteiger partial charge in [-0.15, -0.1) is 23.1 Å². The summed E-state index contributed by atoms with van der Waals surface area (Å²) in [6, 6.07) is 0.163. The molecule has 0 unspecified atom stereocenters. The molecule has 0 spiro atoms. The third-order valence-electron chi connectivity index (χ3n) is 6.43. The Labute approximate surface area is 265 Å². The van der Waals surface area contributed by atoms with Gasteiger partial charge in [0.15, 0.2) is 16.6 Å². The molecular weight excluding hydrogens is 630 g/mol. The molecule has 0 aromatic carbocycles. The van der Waals surface area contributed by atoms with Gasteiger partial charge >= 0.3 is 5.97 Å². The molecule has 242 valence electrons. The highest BCUT2D eigenvalue weighted by atomic mass is 32.2. The standard InChI is InChI=1S/C27H33N7O9S2/c1-27(2,3)43-18(37)10-42-32-19(15-12-45-26(28)30-15)22(38)31-20-23(39)33-21(25(40)41)13(11-44-24(20)33)8-34(4,5)9-14-6-16(35)17(36)7-29-14/h6-7,12,20,24H,8-11H2,1-5H3,(H5-,28,29,30,31,32,35,36,38,40,41)/t20-,24-/m1/s1. The molecule has 1 fully saturated rings. The van der Waals surface area contributed by atoms with E-state index in [0.717, 1.165) is 16.2 Å². The highest BCUT2D eigenvalue weighted by Gasteiger charge is 2.53. The molecule has 1 saturated heterocycles. The predicted octanol–water partition coefficient (Wildman–Crippen LogP) is -1.14. The van der Waals surface area contributed by atoms with E-state index in [1.807, 2.05) is 14.1 Å². The maximum atomic E-state index is 13.3. The molecule has 2 aliphatic heterocycles. The Hall–Kier alpha value is -4.42. The van der Waals surface area contributed by atoms with Crippen LogP contribution in [0.4, 0.5) is 5.13 Å². The van der Waals surface area contributed by atoms with Crippen LogP contribution in [0.1, 0.15) is 32.2 Å². The van der Waals surface area contributed by atoms with Crippen LogP contribution in [-0.2, 0) is 35.3 Å². The zero-order valence-corrected chi connectivity index (χ0v) is 26.7. The Morgan fingerprint density at radius 3 is 2.60 bits per heavy atom. The van der Waals surface area contributed by atoms with Crippen molar-refractivity contribution in [3.63, 3.8) is 0 Å². The van der Waals surface area contributed by atoms with Crippen molar-refractivity contribution < 1.29 is 43.4 Å². The Balaban J connectivity index is 1.49. The van der Waals surface area contributed by atoms with Gasteiger partial charge in [0.25, 0.3) is 11.8 Å². The van der Waals surface area contributed by atoms with Gasteiger partial charge in [0.1, 0.15) is 35.8 Å². The number of β-lactam (4-membered cyclic amide) rings is 1. The Morgan fingerprint density at radius 2 is 2.00 bits per heavy atom. The third-order valence-corrected chi connectivity index (χ3v) is 8.45. The van der Waals surface area contributed by atoms with Gasteiger partial charge in [0.2, 0.25) is 12.0 Å². The second-order valence-electron chi connectivity index (χ2n) is 11.9. The number of nitrogens with one attached hydrogen (secondary N) is 2. The number of carboxylic acids is 1. The summed E-state index contributed by atoms with van der Waals surface area (Å²) >= 11 is 2.30. The Bertz CT molecular complexity index is 1640. The number of carboxylic acid groups (broad SMARTS) is 1. The first-order chi connectivity index (χ1) is 21.0. The van der Waals surface area contributed by atoms with Gasteiger partial charge in [-0.05, 0) is 20.8 Å². The van der Waals surface area contributed by atoms with Crippen molar-refractivity contribution in [1.82, 2.24) is 20.2 Å². The van der Waals surface area contributed by atoms with Crippen LogP contribution < -0.4 is 21.6 Å². The first kappa shape index (κ1) is 33.5. The summed E-state index contributed by atoms with van der Waals surface area (Å²) in [5, 5.41) is 29.0. The van der Waals surface area contributed by atoms with Gasteiger partial charge < -0.3 is 45.1 Å². The molecule has 16 nitrogen and oxygen atoms in total. The molecule has 2 amide bonds. The molecule has 0 aliphatic carbocycles. The smallest absolute Gasteiger partial charge is 0.347 e. The number of carbonyl (C=O) groups excluding carboxylic acids is 4. The van der Waals surface area contributed by atoms with Crippen LogP contribution in [0.3, 0.4) is 0 Å². The highest BCUT2D eigenvalue weighted by molar-refractivity contribution is 8.00. The van der Waals surface area contributed by atoms with Crippen LogP contribution in [0.15, 0.2) is 38.9 Å². The molecule has 2 aromatic heterocycles. The number of rotatable bonds is 11. The van der Waals surface area contributed by atoms with E-state index in [-0.39, 0.29) is 39.0 Å². The fourth-order valence-corrected chi connectivity index (χ4v) is 6.64. The summed E-state index contributed by atoms with van der Waals surface area (Å²) in [4.78, 5) is 75.7. The van der Waals surface area contributed by atoms with E-state index in [4.69, 9.17) is 15.3 Å². The van der Waals surface area contributed by atoms with Gasteiger partial charge in [0.05, 0.1) is 31.5 Å². The number of aromatic nitrogens is 2. The Morgan fingerprint density at radius 1 is 1.29 bits per heavy atom. The molecule has 0 bridgehead atoms. The summed E-state index contributed by atoms with van der Waals surface area (Å²) in [5.41, 5.74) is 4.80. The summed E-state index contributed by atoms with van der Waals surface area (Å²) in [6.45, 7) is 4.93. The van der Waals surface area contributed by atoms with E-state index in [1.165, 1.54) is 29.4 Å². The number of hydrogen-bond acceptors (Lipinski definition) is 14. The molecule has 0 radical (unpaired) electrons. The number of thioether (sulfide) groups is 1. The molecule has 2 atom stereocenters. The lowest BCUT2D eigenvalue weighted by Gasteiger charge is -2.51. The van der Waals surface area contributed by atoms with E-state index in [1.54, 1.807) is 20.8 Å². The van der Waals surface area contributed by atoms with Crippen molar-refractivity contribution in [2.75, 3.05) is 38.7 Å². The number of pyridine rings is 1. The molecule has 2 aromatic rings. The van der Waals surface area contributed by atoms with Crippen LogP contribution in [0.25, 0.3) is 0 Å². The number of esters is 1. The van der Waals surface area contributed by atoms with Crippen molar-refractivity contribution in [3.05, 3.63) is 50.5 Å². The molecule has 18 heteroatoms. The third kappa shape index (κ3) is 8.00. The number of nitrogen functional groups attached to an aromatic ring is 1. The van der Waals surface area contributed by atoms with E-state index >= 15 is 0 Å². The van der Waals surface area contributed by atoms with Crippen molar-refractivity contribution >= 4 is 57.7 Å². The number of aromatic amines is 1. The number of fused-ring (bicyclic) bond motifs is 1. The zero-order chi connectivity index (χ0) is 33.3. The number of oxime groups is 1. The molecule has 0 saturated carbocycles. The maximum Gasteiger partial charge on any atom is 0.347 e. The molecule has 4 rings (SSSR count). The number of likely N-dealkylation sites (N-methyl/N-ethyl adjacent to an activating group) is 1. The molecule has 4 heterocycles. The summed E-state index contributed by atoms with van der Waals surface area (Å²) in [5.74, 6) is -3.97. The minimum atomic E-state index is -1.54. The normalized spacial score (nSPS) is 18.6. The number of quaternary nitrogens is 1. The number of amides is 2. The van der Waals surface area contributed by atoms with Gasteiger partial charge in [-0.25, -0.2) is 9.78 Å². The second-order valence-corrected chi connectivity index (χ2v) is 13.9. The predicted molar refractivity (Wildman–Crippen MR) is 161 cm³/mol. The van der Waals surface area contributed by atoms with Crippen LogP contribution >= 0.6 is 23.1 Å². The number of carbonyl (C=O) groups is 4. The van der Waals surface area contributed by atoms with Gasteiger partial charge in [-0.2, -0.15) is 0 Å². The van der Waals surface area contributed by atoms with Crippen molar-refractivity contribution in [3.8, 4) is 5.75 Å². The largest absolute Gasteiger partial charge is 0.543 e. The zero-order valence-electron chi connectivity index (χ0n) is 25.1. The number of thiazole rings is 1. The SMILES string of the molecule is CC(C)(C)OC(=O)CO/N=C(/C(=O)N[C@@H]1C(=O)N2C(C(=O)[O-])=C(C[N+](C)(C)Cc3cc(=O)c(O)c[nH]3)CS[C@H]12)c1csc(N)n1. The molecule has 2 aliphatic rings. The lowest BCUT2D eigenvalue weighted by molar-refractivity contribution is -0.899. The summed E-state index contributed by atoms with van der Waals surface area (Å²) in [7, 11) is 3.64. The molecule has 45 heavy (non-hydrogen) atoms. The van der Waals surface area contributed by atoms with Crippen LogP contribution in [0.5, 0.6) is 5.75 Å². The first-order valence-corrected chi connectivity index (χ1v) is 15.4. The van der Waals surface area contributed by atoms with E-state index < -0.39 is 58.6 Å². The number of nitrogens with zero attached hydrogens (tertiary/aromatic N) is 4. The average Bonchev–Trinajstić information content (AvgIpc) is 3.35. The number of H-pyrrole nitrogens is 1. The van der Waals surface area contributed by atoms with Gasteiger partial charge in [-0.1, -0.05) is 5.16 Å². The lowest BCUT2D eigenvalue weighted by atomic mass is 10.0. The van der Waals surface area contributed by atoms with Crippen LogP contribution in [0.2, 0.25) is 0 Å². The number of anilines is 1.